The van der Waals surface area contributed by atoms with Crippen LogP contribution in [0.3, 0.4) is 0 Å². The zero-order valence-electron chi connectivity index (χ0n) is 42.3. The number of hydrogen-bond donors (Lipinski definition) is 2. The highest BCUT2D eigenvalue weighted by atomic mass is 28.4. The fraction of sp³-hybridized carbons (Fsp3) is 0.680. The number of nitrogens with zero attached hydrogens (tertiary/aromatic N) is 4. The van der Waals surface area contributed by atoms with E-state index >= 15 is 0 Å². The summed E-state index contributed by atoms with van der Waals surface area (Å²) in [5.74, 6) is -3.50. The van der Waals surface area contributed by atoms with Crippen molar-refractivity contribution in [1.29, 1.82) is 10.5 Å². The maximum absolute atomic E-state index is 13.9. The molecule has 10 rings (SSSR count). The summed E-state index contributed by atoms with van der Waals surface area (Å²) in [7, 11) is -4.76. The molecule has 14 atom stereocenters. The Labute approximate surface area is 416 Å². The lowest BCUT2D eigenvalue weighted by Crippen LogP contribution is -2.64. The first-order chi connectivity index (χ1) is 33.0. The van der Waals surface area contributed by atoms with E-state index in [0.29, 0.717) is 12.8 Å². The largest absolute Gasteiger partial charge is 0.417 e. The van der Waals surface area contributed by atoms with Crippen LogP contribution in [0.2, 0.25) is 36.3 Å². The van der Waals surface area contributed by atoms with Crippen molar-refractivity contribution in [2.45, 2.75) is 176 Å². The van der Waals surface area contributed by atoms with Crippen molar-refractivity contribution < 1.29 is 73.9 Å². The second-order valence-electron chi connectivity index (χ2n) is 24.1. The second-order valence-corrected chi connectivity index (χ2v) is 33.6. The quantitative estimate of drug-likeness (QED) is 0.209. The molecule has 14 nitrogen and oxygen atoms in total. The molecule has 392 valence electrons. The van der Waals surface area contributed by atoms with Gasteiger partial charge in [0.1, 0.15) is 59.3 Å². The van der Waals surface area contributed by atoms with Gasteiger partial charge in [-0.1, -0.05) is 41.5 Å². The van der Waals surface area contributed by atoms with E-state index in [1.165, 1.54) is 21.9 Å². The molecule has 2 N–H and O–H groups in total. The first-order valence-corrected chi connectivity index (χ1v) is 30.0. The molecule has 2 aromatic carbocycles. The Morgan fingerprint density at radius 1 is 0.639 bits per heavy atom. The summed E-state index contributed by atoms with van der Waals surface area (Å²) in [5, 5.41) is 41.2. The van der Waals surface area contributed by atoms with E-state index in [1.54, 1.807) is 26.0 Å². The number of halogens is 6. The number of fused-ring (bicyclic) bond motifs is 4. The van der Waals surface area contributed by atoms with Gasteiger partial charge < -0.3 is 38.0 Å². The smallest absolute Gasteiger partial charge is 0.408 e. The number of alkyl halides is 6. The fourth-order valence-corrected chi connectivity index (χ4v) is 15.4. The third kappa shape index (κ3) is 7.27. The minimum Gasteiger partial charge on any atom is -0.408 e. The van der Waals surface area contributed by atoms with E-state index < -0.39 is 146 Å². The molecule has 8 aliphatic rings. The van der Waals surface area contributed by atoms with Crippen LogP contribution in [-0.4, -0.2) is 111 Å². The zero-order chi connectivity index (χ0) is 53.3. The molecule has 2 spiro atoms. The predicted octanol–water partition coefficient (Wildman–Crippen LogP) is 8.39. The van der Waals surface area contributed by atoms with Gasteiger partial charge in [-0.05, 0) is 86.5 Å². The van der Waals surface area contributed by atoms with Crippen molar-refractivity contribution >= 4 is 39.8 Å². The van der Waals surface area contributed by atoms with E-state index in [1.807, 2.05) is 0 Å². The molecule has 0 radical (unpaired) electrons. The van der Waals surface area contributed by atoms with Crippen molar-refractivity contribution in [3.63, 3.8) is 0 Å². The van der Waals surface area contributed by atoms with Crippen LogP contribution in [-0.2, 0) is 49.7 Å². The van der Waals surface area contributed by atoms with Gasteiger partial charge in [0.05, 0.1) is 71.3 Å². The molecule has 22 heteroatoms. The number of nitriles is 2. The highest BCUT2D eigenvalue weighted by molar-refractivity contribution is 6.74. The van der Waals surface area contributed by atoms with E-state index in [9.17, 15) is 56.7 Å². The molecule has 4 bridgehead atoms. The molecule has 8 saturated heterocycles. The molecule has 8 heterocycles. The molecular weight excluding hydrogens is 987 g/mol. The first-order valence-electron chi connectivity index (χ1n) is 24.2. The number of hydrogen-bond acceptors (Lipinski definition) is 12. The number of carbonyl (C=O) groups excluding carboxylic acids is 2. The standard InChI is InChI=1S/2C25H31F3N2O5Si/c2*1-22(2,3)36(5,6)34-19-18(31)24-9-10-33-21-17(24)16(23(19,4)35-24)20(32)30(21)14-8-7-13(12-29)15(11-14)25(26,27)28/h2*7-8,11,16-19,21,31H,9-10H2,1-6H3/t16-,17+,18+,19+,21+,23+,24-;16-,17+,18+,19-,21+,23+,24-/m01/s1. The Morgan fingerprint density at radius 2 is 0.972 bits per heavy atom. The Hall–Kier alpha value is -3.95. The average Bonchev–Trinajstić information content (AvgIpc) is 4.03. The summed E-state index contributed by atoms with van der Waals surface area (Å²) in [6, 6.07) is 9.61. The predicted molar refractivity (Wildman–Crippen MR) is 251 cm³/mol. The maximum atomic E-state index is 13.9. The van der Waals surface area contributed by atoms with Crippen molar-refractivity contribution in [3.05, 3.63) is 58.7 Å². The van der Waals surface area contributed by atoms with Crippen LogP contribution in [0, 0.1) is 46.3 Å². The van der Waals surface area contributed by atoms with Crippen LogP contribution in [0.25, 0.3) is 0 Å². The molecule has 8 aliphatic heterocycles. The molecular formula is C50H62F6N4O10Si2. The van der Waals surface area contributed by atoms with Crippen LogP contribution in [0.15, 0.2) is 36.4 Å². The van der Waals surface area contributed by atoms with Gasteiger partial charge in [-0.15, -0.1) is 0 Å². The Balaban J connectivity index is 0.000000178. The van der Waals surface area contributed by atoms with E-state index in [4.69, 9.17) is 27.8 Å². The number of aliphatic hydroxyl groups excluding tert-OH is 2. The number of ether oxygens (including phenoxy) is 4. The third-order valence-corrected chi connectivity index (χ3v) is 27.1. The van der Waals surface area contributed by atoms with Crippen LogP contribution in [0.5, 0.6) is 0 Å². The van der Waals surface area contributed by atoms with Crippen molar-refractivity contribution in [2.75, 3.05) is 23.0 Å². The first kappa shape index (κ1) is 52.9. The van der Waals surface area contributed by atoms with Gasteiger partial charge >= 0.3 is 12.4 Å². The van der Waals surface area contributed by atoms with Gasteiger partial charge in [-0.25, -0.2) is 0 Å². The van der Waals surface area contributed by atoms with Gasteiger partial charge in [-0.3, -0.25) is 19.4 Å². The molecule has 72 heavy (non-hydrogen) atoms. The number of rotatable bonds is 6. The highest BCUT2D eigenvalue weighted by Crippen LogP contribution is 2.68. The van der Waals surface area contributed by atoms with Crippen molar-refractivity contribution in [1.82, 2.24) is 0 Å². The molecule has 2 aromatic rings. The average molecular weight is 1050 g/mol. The van der Waals surface area contributed by atoms with Gasteiger partial charge in [0, 0.05) is 24.2 Å². The van der Waals surface area contributed by atoms with Gasteiger partial charge in [0.2, 0.25) is 11.8 Å². The summed E-state index contributed by atoms with van der Waals surface area (Å²) in [6.07, 6.45) is -14.1. The van der Waals surface area contributed by atoms with E-state index in [0.717, 1.165) is 24.3 Å². The lowest BCUT2D eigenvalue weighted by Gasteiger charge is -2.48. The van der Waals surface area contributed by atoms with E-state index in [2.05, 4.69) is 67.7 Å². The van der Waals surface area contributed by atoms with Crippen molar-refractivity contribution in [3.8, 4) is 12.1 Å². The lowest BCUT2D eigenvalue weighted by molar-refractivity contribution is -0.165. The Morgan fingerprint density at radius 3 is 1.26 bits per heavy atom. The summed E-state index contributed by atoms with van der Waals surface area (Å²) in [4.78, 5) is 30.4. The van der Waals surface area contributed by atoms with Crippen LogP contribution >= 0.6 is 0 Å². The SMILES string of the molecule is CC(C)(C)[Si](C)(C)O[C@@H]1[C@@H](O)[C@]23CCO[C@@H]4[C@H]2[C@@H](C(=O)N4c2ccc(C#N)c(C(F)(F)F)c2)[C@@]1(C)O3.CC(C)(C)[Si](C)(C)O[C@@H]1[C@H](O)[C@@]23CCO[C@H]4[C@@H]2[C@H](C(=O)N4c2ccc(C#N)c(C(F)(F)F)c2)[C@]1(C)O3. The zero-order valence-corrected chi connectivity index (χ0v) is 44.3. The molecule has 0 aliphatic carbocycles. The Bertz CT molecular complexity index is 2500. The summed E-state index contributed by atoms with van der Waals surface area (Å²) >= 11 is 0. The van der Waals surface area contributed by atoms with Crippen molar-refractivity contribution in [2.24, 2.45) is 23.7 Å². The number of anilines is 2. The Kier molecular flexibility index (Phi) is 12.0. The molecule has 0 aromatic heterocycles. The maximum Gasteiger partial charge on any atom is 0.417 e. The summed E-state index contributed by atoms with van der Waals surface area (Å²) in [5.41, 5.74) is -7.79. The number of aliphatic hydroxyl groups is 2. The van der Waals surface area contributed by atoms with Crippen LogP contribution in [0.1, 0.15) is 90.5 Å². The normalized spacial score (nSPS) is 37.9. The third-order valence-electron chi connectivity index (χ3n) is 18.2. The lowest BCUT2D eigenvalue weighted by atomic mass is 9.63. The van der Waals surface area contributed by atoms with Gasteiger partial charge in [0.25, 0.3) is 0 Å². The second kappa shape index (κ2) is 16.3. The summed E-state index contributed by atoms with van der Waals surface area (Å²) < 4.78 is 120. The topological polar surface area (TPSA) is 184 Å². The minimum atomic E-state index is -4.76. The number of benzene rings is 2. The summed E-state index contributed by atoms with van der Waals surface area (Å²) in [6.45, 7) is 24.6. The van der Waals surface area contributed by atoms with Gasteiger partial charge in [0.15, 0.2) is 16.6 Å². The monoisotopic (exact) mass is 1050 g/mol. The molecule has 2 amide bonds. The molecule has 0 unspecified atom stereocenters. The number of amides is 2. The fourth-order valence-electron chi connectivity index (χ4n) is 12.7. The van der Waals surface area contributed by atoms with Crippen LogP contribution < -0.4 is 9.80 Å². The van der Waals surface area contributed by atoms with E-state index in [-0.39, 0.29) is 34.7 Å². The van der Waals surface area contributed by atoms with Crippen LogP contribution in [0.4, 0.5) is 37.7 Å². The number of carbonyl (C=O) groups is 2. The molecule has 0 saturated carbocycles. The van der Waals surface area contributed by atoms with Gasteiger partial charge in [-0.2, -0.15) is 36.9 Å². The highest BCUT2D eigenvalue weighted by Gasteiger charge is 2.84. The minimum absolute atomic E-state index is 0.00197. The molecule has 8 fully saturated rings.